The van der Waals surface area contributed by atoms with Crippen molar-refractivity contribution in [1.29, 1.82) is 0 Å². The van der Waals surface area contributed by atoms with Crippen molar-refractivity contribution in [3.8, 4) is 11.3 Å². The quantitative estimate of drug-likeness (QED) is 0.708. The summed E-state index contributed by atoms with van der Waals surface area (Å²) in [7, 11) is 0. The van der Waals surface area contributed by atoms with Crippen molar-refractivity contribution in [2.45, 2.75) is 6.92 Å². The molecule has 0 radical (unpaired) electrons. The number of H-pyrrole nitrogens is 1. The van der Waals surface area contributed by atoms with Crippen molar-refractivity contribution in [2.75, 3.05) is 0 Å². The Morgan fingerprint density at radius 3 is 2.68 bits per heavy atom. The van der Waals surface area contributed by atoms with Crippen molar-refractivity contribution in [1.82, 2.24) is 14.4 Å². The maximum atomic E-state index is 12.0. The second-order valence-electron chi connectivity index (χ2n) is 4.28. The molecule has 0 unspecified atom stereocenters. The predicted octanol–water partition coefficient (Wildman–Crippen LogP) is 1.81. The zero-order valence-corrected chi connectivity index (χ0v) is 10.3. The van der Waals surface area contributed by atoms with Crippen LogP contribution in [0.15, 0.2) is 41.2 Å². The summed E-state index contributed by atoms with van der Waals surface area (Å²) in [5.41, 5.74) is 2.03. The number of benzene rings is 1. The number of aldehydes is 1. The average molecular weight is 253 g/mol. The summed E-state index contributed by atoms with van der Waals surface area (Å²) >= 11 is 0. The lowest BCUT2D eigenvalue weighted by Crippen LogP contribution is -2.15. The molecule has 2 aromatic heterocycles. The Bertz CT molecular complexity index is 816. The largest absolute Gasteiger partial charge is 0.329 e. The monoisotopic (exact) mass is 253 g/mol. The van der Waals surface area contributed by atoms with Gasteiger partial charge in [0.2, 0.25) is 5.78 Å². The fourth-order valence-corrected chi connectivity index (χ4v) is 2.12. The fraction of sp³-hybridized carbons (Fsp3) is 0.0714. The highest BCUT2D eigenvalue weighted by Gasteiger charge is 2.15. The van der Waals surface area contributed by atoms with Crippen LogP contribution in [0.5, 0.6) is 0 Å². The van der Waals surface area contributed by atoms with Crippen LogP contribution < -0.4 is 5.56 Å². The summed E-state index contributed by atoms with van der Waals surface area (Å²) in [5.74, 6) is 0.381. The first kappa shape index (κ1) is 11.4. The van der Waals surface area contributed by atoms with Crippen molar-refractivity contribution in [2.24, 2.45) is 0 Å². The molecule has 2 heterocycles. The van der Waals surface area contributed by atoms with Gasteiger partial charge in [-0.05, 0) is 6.92 Å². The van der Waals surface area contributed by atoms with Crippen molar-refractivity contribution in [3.63, 3.8) is 0 Å². The number of nitrogens with zero attached hydrogens (tertiary/aromatic N) is 2. The summed E-state index contributed by atoms with van der Waals surface area (Å²) in [6.45, 7) is 1.78. The van der Waals surface area contributed by atoms with E-state index in [9.17, 15) is 9.59 Å². The van der Waals surface area contributed by atoms with Crippen LogP contribution in [-0.4, -0.2) is 20.7 Å². The molecule has 0 saturated heterocycles. The molecule has 0 fully saturated rings. The number of aromatic amines is 1. The number of hydrogen-bond donors (Lipinski definition) is 1. The highest BCUT2D eigenvalue weighted by molar-refractivity contribution is 5.85. The minimum Gasteiger partial charge on any atom is -0.329 e. The molecule has 19 heavy (non-hydrogen) atoms. The van der Waals surface area contributed by atoms with Crippen molar-refractivity contribution in [3.05, 3.63) is 58.1 Å². The van der Waals surface area contributed by atoms with Gasteiger partial charge in [-0.2, -0.15) is 0 Å². The number of carbonyl (C=O) groups excluding carboxylic acids is 1. The van der Waals surface area contributed by atoms with Crippen molar-refractivity contribution >= 4 is 12.1 Å². The molecule has 0 aliphatic rings. The molecule has 5 heteroatoms. The van der Waals surface area contributed by atoms with Crippen molar-refractivity contribution < 1.29 is 4.79 Å². The number of hydrogen-bond acceptors (Lipinski definition) is 3. The van der Waals surface area contributed by atoms with E-state index < -0.39 is 0 Å². The molecular weight excluding hydrogens is 242 g/mol. The SMILES string of the molecule is Cc1cc(=O)n2c(C=O)c(-c3ccccc3)nc2[nH]1. The number of nitrogens with one attached hydrogen (secondary N) is 1. The van der Waals surface area contributed by atoms with Crippen LogP contribution in [0, 0.1) is 6.92 Å². The smallest absolute Gasteiger partial charge is 0.259 e. The van der Waals surface area contributed by atoms with E-state index in [-0.39, 0.29) is 11.3 Å². The molecule has 0 aliphatic heterocycles. The minimum atomic E-state index is -0.261. The van der Waals surface area contributed by atoms with E-state index >= 15 is 0 Å². The molecule has 1 N–H and O–H groups in total. The third kappa shape index (κ3) is 1.76. The van der Waals surface area contributed by atoms with Gasteiger partial charge in [0.05, 0.1) is 0 Å². The van der Waals surface area contributed by atoms with Gasteiger partial charge < -0.3 is 4.98 Å². The van der Waals surface area contributed by atoms with E-state index in [1.54, 1.807) is 6.92 Å². The van der Waals surface area contributed by atoms with Gasteiger partial charge >= 0.3 is 0 Å². The molecule has 0 saturated carbocycles. The Morgan fingerprint density at radius 1 is 1.26 bits per heavy atom. The van der Waals surface area contributed by atoms with Gasteiger partial charge in [0.15, 0.2) is 6.29 Å². The van der Waals surface area contributed by atoms with E-state index in [1.165, 1.54) is 10.5 Å². The maximum Gasteiger partial charge on any atom is 0.259 e. The standard InChI is InChI=1S/C14H11N3O2/c1-9-7-12(19)17-11(8-18)13(16-14(17)15-9)10-5-3-2-4-6-10/h2-8H,1H3,(H,15,16). The first-order chi connectivity index (χ1) is 9.20. The Labute approximate surface area is 108 Å². The van der Waals surface area contributed by atoms with Crippen LogP contribution in [0.4, 0.5) is 0 Å². The van der Waals surface area contributed by atoms with E-state index in [2.05, 4.69) is 9.97 Å². The van der Waals surface area contributed by atoms with E-state index in [4.69, 9.17) is 0 Å². The summed E-state index contributed by atoms with van der Waals surface area (Å²) in [5, 5.41) is 0. The highest BCUT2D eigenvalue weighted by Crippen LogP contribution is 2.21. The second kappa shape index (κ2) is 4.20. The number of carbonyl (C=O) groups is 1. The van der Waals surface area contributed by atoms with Gasteiger partial charge in [0.1, 0.15) is 11.4 Å². The van der Waals surface area contributed by atoms with Gasteiger partial charge in [-0.25, -0.2) is 9.38 Å². The average Bonchev–Trinajstić information content (AvgIpc) is 2.78. The van der Waals surface area contributed by atoms with Gasteiger partial charge in [0, 0.05) is 17.3 Å². The first-order valence-electron chi connectivity index (χ1n) is 5.83. The van der Waals surface area contributed by atoms with E-state index in [0.29, 0.717) is 23.5 Å². The fourth-order valence-electron chi connectivity index (χ4n) is 2.12. The molecule has 3 rings (SSSR count). The molecule has 0 bridgehead atoms. The number of fused-ring (bicyclic) bond motifs is 1. The predicted molar refractivity (Wildman–Crippen MR) is 71.4 cm³/mol. The Hall–Kier alpha value is -2.69. The Kier molecular flexibility index (Phi) is 2.52. The van der Waals surface area contributed by atoms with Gasteiger partial charge in [-0.1, -0.05) is 30.3 Å². The summed E-state index contributed by atoms with van der Waals surface area (Å²) in [6, 6.07) is 10.8. The number of imidazole rings is 1. The Balaban J connectivity index is 2.42. The van der Waals surface area contributed by atoms with Crippen LogP contribution in [0.25, 0.3) is 17.0 Å². The number of aromatic nitrogens is 3. The lowest BCUT2D eigenvalue weighted by Gasteiger charge is -1.97. The molecule has 94 valence electrons. The number of aryl methyl sites for hydroxylation is 1. The van der Waals surface area contributed by atoms with E-state index in [1.807, 2.05) is 30.3 Å². The maximum absolute atomic E-state index is 12.0. The molecule has 0 amide bonds. The molecule has 0 spiro atoms. The van der Waals surface area contributed by atoms with Crippen LogP contribution in [0.2, 0.25) is 0 Å². The third-order valence-corrected chi connectivity index (χ3v) is 2.94. The minimum absolute atomic E-state index is 0.261. The van der Waals surface area contributed by atoms with Crippen LogP contribution in [-0.2, 0) is 0 Å². The zero-order valence-electron chi connectivity index (χ0n) is 10.3. The zero-order chi connectivity index (χ0) is 13.4. The summed E-state index contributed by atoms with van der Waals surface area (Å²) in [6.07, 6.45) is 0.660. The Morgan fingerprint density at radius 2 is 2.00 bits per heavy atom. The third-order valence-electron chi connectivity index (χ3n) is 2.94. The molecule has 3 aromatic rings. The number of rotatable bonds is 2. The van der Waals surface area contributed by atoms with Crippen LogP contribution in [0.1, 0.15) is 16.2 Å². The lowest BCUT2D eigenvalue weighted by molar-refractivity contribution is 0.111. The van der Waals surface area contributed by atoms with Gasteiger partial charge in [-0.3, -0.25) is 9.59 Å². The lowest BCUT2D eigenvalue weighted by atomic mass is 10.1. The summed E-state index contributed by atoms with van der Waals surface area (Å²) in [4.78, 5) is 30.6. The van der Waals surface area contributed by atoms with Crippen LogP contribution >= 0.6 is 0 Å². The van der Waals surface area contributed by atoms with Gasteiger partial charge in [-0.15, -0.1) is 0 Å². The topological polar surface area (TPSA) is 67.2 Å². The molecule has 5 nitrogen and oxygen atoms in total. The molecular formula is C14H11N3O2. The molecule has 0 atom stereocenters. The molecule has 1 aromatic carbocycles. The highest BCUT2D eigenvalue weighted by atomic mass is 16.1. The van der Waals surface area contributed by atoms with Crippen LogP contribution in [0.3, 0.4) is 0 Å². The molecule has 0 aliphatic carbocycles. The van der Waals surface area contributed by atoms with E-state index in [0.717, 1.165) is 5.56 Å². The van der Waals surface area contributed by atoms with Gasteiger partial charge in [0.25, 0.3) is 5.56 Å². The first-order valence-corrected chi connectivity index (χ1v) is 5.83. The second-order valence-corrected chi connectivity index (χ2v) is 4.28. The normalized spacial score (nSPS) is 10.8. The summed E-state index contributed by atoms with van der Waals surface area (Å²) < 4.78 is 1.29.